The average molecular weight is 401 g/mol. The number of nitrogens with one attached hydrogen (secondary N) is 1. The maximum absolute atomic E-state index is 12.2. The fraction of sp³-hybridized carbons (Fsp3) is 0.409. The van der Waals surface area contributed by atoms with E-state index in [0.29, 0.717) is 17.7 Å². The number of rotatable bonds is 8. The first-order valence-electron chi connectivity index (χ1n) is 9.60. The molecule has 1 aliphatic heterocycles. The molecule has 1 aliphatic rings. The quantitative estimate of drug-likeness (QED) is 0.521. The van der Waals surface area contributed by atoms with Gasteiger partial charge in [0.1, 0.15) is 11.9 Å². The van der Waals surface area contributed by atoms with Gasteiger partial charge in [-0.1, -0.05) is 6.08 Å². The van der Waals surface area contributed by atoms with Crippen LogP contribution in [-0.4, -0.2) is 24.0 Å². The average Bonchev–Trinajstić information content (AvgIpc) is 3.36. The molecule has 2 aromatic rings. The Hall–Kier alpha value is -2.45. The van der Waals surface area contributed by atoms with Gasteiger partial charge in [0.25, 0.3) is 5.95 Å². The van der Waals surface area contributed by atoms with Crippen LogP contribution in [0.2, 0.25) is 0 Å². The summed E-state index contributed by atoms with van der Waals surface area (Å²) in [6, 6.07) is 8.15. The molecule has 1 fully saturated rings. The first-order valence-corrected chi connectivity index (χ1v) is 9.60. The fourth-order valence-electron chi connectivity index (χ4n) is 3.69. The maximum atomic E-state index is 12.2. The van der Waals surface area contributed by atoms with Crippen LogP contribution in [0.5, 0.6) is 5.95 Å². The molecular formula is C22H27NO6. The van der Waals surface area contributed by atoms with Crippen molar-refractivity contribution in [2.75, 3.05) is 7.11 Å². The van der Waals surface area contributed by atoms with Gasteiger partial charge in [-0.2, -0.15) is 5.23 Å². The summed E-state index contributed by atoms with van der Waals surface area (Å²) in [6.45, 7) is 5.87. The highest BCUT2D eigenvalue weighted by atomic mass is 16.8. The molecule has 1 aromatic heterocycles. The lowest BCUT2D eigenvalue weighted by atomic mass is 9.94. The first kappa shape index (κ1) is 21.3. The van der Waals surface area contributed by atoms with E-state index in [4.69, 9.17) is 19.1 Å². The third kappa shape index (κ3) is 4.94. The van der Waals surface area contributed by atoms with Crippen molar-refractivity contribution in [1.82, 2.24) is 0 Å². The third-order valence-corrected chi connectivity index (χ3v) is 5.38. The molecule has 7 heteroatoms. The third-order valence-electron chi connectivity index (χ3n) is 5.38. The summed E-state index contributed by atoms with van der Waals surface area (Å²) in [5.41, 5.74) is 2.67. The van der Waals surface area contributed by atoms with Gasteiger partial charge in [-0.3, -0.25) is 4.79 Å². The minimum atomic E-state index is -0.934. The van der Waals surface area contributed by atoms with Crippen molar-refractivity contribution >= 4 is 11.8 Å². The number of methoxy groups -OCH3 is 1. The van der Waals surface area contributed by atoms with Crippen LogP contribution in [0.15, 0.2) is 45.1 Å². The summed E-state index contributed by atoms with van der Waals surface area (Å²) in [5.74, 6) is 0.819. The molecule has 2 heterocycles. The SMILES string of the molecule is COc1cc(=O)c(CCCC2(C)OC2C(C)=Cc2ccc([NH+]([O-])O)cc2)c(C)o1. The number of hydrogen-bond acceptors (Lipinski definition) is 6. The molecule has 0 radical (unpaired) electrons. The van der Waals surface area contributed by atoms with E-state index in [-0.39, 0.29) is 28.8 Å². The Labute approximate surface area is 169 Å². The number of hydrogen-bond donors (Lipinski definition) is 2. The number of quaternary nitrogens is 1. The minimum Gasteiger partial charge on any atom is -0.595 e. The second kappa shape index (κ2) is 8.51. The van der Waals surface area contributed by atoms with Gasteiger partial charge in [0.05, 0.1) is 18.8 Å². The lowest BCUT2D eigenvalue weighted by molar-refractivity contribution is -0.991. The standard InChI is InChI=1S/C22H27NO6/c1-14(12-16-7-9-17(10-8-16)23(25)26)21-22(3,29-21)11-5-6-18-15(2)28-20(27-4)13-19(18)24/h7-10,12-13,21,23,25H,5-6,11H2,1-4H3. The van der Waals surface area contributed by atoms with Crippen LogP contribution in [0.3, 0.4) is 0 Å². The van der Waals surface area contributed by atoms with Gasteiger partial charge < -0.3 is 19.1 Å². The largest absolute Gasteiger partial charge is 0.595 e. The van der Waals surface area contributed by atoms with Crippen LogP contribution in [0, 0.1) is 12.1 Å². The smallest absolute Gasteiger partial charge is 0.288 e. The minimum absolute atomic E-state index is 0.0232. The molecule has 3 atom stereocenters. The Balaban J connectivity index is 1.58. The summed E-state index contributed by atoms with van der Waals surface area (Å²) in [5, 5.41) is 19.0. The number of ether oxygens (including phenoxy) is 2. The van der Waals surface area contributed by atoms with Gasteiger partial charge in [0, 0.05) is 17.7 Å². The topological polar surface area (TPSA) is 99.7 Å². The van der Waals surface area contributed by atoms with Crippen molar-refractivity contribution in [3.05, 3.63) is 68.2 Å². The van der Waals surface area contributed by atoms with Gasteiger partial charge in [-0.25, -0.2) is 5.21 Å². The molecule has 0 saturated carbocycles. The highest BCUT2D eigenvalue weighted by Gasteiger charge is 2.52. The van der Waals surface area contributed by atoms with Crippen molar-refractivity contribution in [2.45, 2.75) is 51.7 Å². The maximum Gasteiger partial charge on any atom is 0.288 e. The van der Waals surface area contributed by atoms with E-state index in [1.165, 1.54) is 13.2 Å². The van der Waals surface area contributed by atoms with Gasteiger partial charge in [-0.05, 0) is 63.3 Å². The molecule has 7 nitrogen and oxygen atoms in total. The Bertz CT molecular complexity index is 947. The predicted molar refractivity (Wildman–Crippen MR) is 108 cm³/mol. The molecular weight excluding hydrogens is 374 g/mol. The van der Waals surface area contributed by atoms with E-state index in [1.54, 1.807) is 31.2 Å². The molecule has 1 aromatic carbocycles. The lowest BCUT2D eigenvalue weighted by Gasteiger charge is -2.11. The zero-order valence-electron chi connectivity index (χ0n) is 17.2. The molecule has 29 heavy (non-hydrogen) atoms. The molecule has 1 saturated heterocycles. The summed E-state index contributed by atoms with van der Waals surface area (Å²) in [4.78, 5) is 12.2. The van der Waals surface area contributed by atoms with Crippen LogP contribution in [0.4, 0.5) is 5.69 Å². The fourth-order valence-corrected chi connectivity index (χ4v) is 3.69. The van der Waals surface area contributed by atoms with Crippen LogP contribution < -0.4 is 15.4 Å². The number of aryl methyl sites for hydroxylation is 1. The van der Waals surface area contributed by atoms with E-state index in [2.05, 4.69) is 6.92 Å². The van der Waals surface area contributed by atoms with Crippen LogP contribution in [-0.2, 0) is 11.2 Å². The van der Waals surface area contributed by atoms with Crippen molar-refractivity contribution in [1.29, 1.82) is 0 Å². The predicted octanol–water partition coefficient (Wildman–Crippen LogP) is 2.94. The Morgan fingerprint density at radius 2 is 2.07 bits per heavy atom. The van der Waals surface area contributed by atoms with Crippen molar-refractivity contribution in [3.63, 3.8) is 0 Å². The number of benzene rings is 1. The van der Waals surface area contributed by atoms with Crippen LogP contribution in [0.25, 0.3) is 6.08 Å². The summed E-state index contributed by atoms with van der Waals surface area (Å²) >= 11 is 0. The van der Waals surface area contributed by atoms with Gasteiger partial charge in [-0.15, -0.1) is 0 Å². The lowest BCUT2D eigenvalue weighted by Crippen LogP contribution is -2.99. The van der Waals surface area contributed by atoms with Crippen molar-refractivity contribution < 1.29 is 24.3 Å². The zero-order chi connectivity index (χ0) is 21.2. The van der Waals surface area contributed by atoms with E-state index >= 15 is 0 Å². The zero-order valence-corrected chi connectivity index (χ0v) is 17.2. The van der Waals surface area contributed by atoms with Gasteiger partial charge in [0.15, 0.2) is 11.1 Å². The highest BCUT2D eigenvalue weighted by Crippen LogP contribution is 2.45. The van der Waals surface area contributed by atoms with Crippen LogP contribution >= 0.6 is 0 Å². The van der Waals surface area contributed by atoms with Crippen LogP contribution in [0.1, 0.15) is 43.6 Å². The molecule has 156 valence electrons. The summed E-state index contributed by atoms with van der Waals surface area (Å²) in [6.07, 6.45) is 4.31. The number of epoxide rings is 1. The Morgan fingerprint density at radius 1 is 1.38 bits per heavy atom. The second-order valence-corrected chi connectivity index (χ2v) is 7.65. The van der Waals surface area contributed by atoms with Crippen molar-refractivity contribution in [2.24, 2.45) is 0 Å². The summed E-state index contributed by atoms with van der Waals surface area (Å²) < 4.78 is 16.4. The Kier molecular flexibility index (Phi) is 6.24. The summed E-state index contributed by atoms with van der Waals surface area (Å²) in [7, 11) is 1.47. The van der Waals surface area contributed by atoms with E-state index in [0.717, 1.165) is 24.0 Å². The molecule has 3 rings (SSSR count). The van der Waals surface area contributed by atoms with Crippen molar-refractivity contribution in [3.8, 4) is 5.95 Å². The molecule has 2 N–H and O–H groups in total. The monoisotopic (exact) mass is 401 g/mol. The van der Waals surface area contributed by atoms with E-state index in [1.807, 2.05) is 13.0 Å². The second-order valence-electron chi connectivity index (χ2n) is 7.65. The first-order chi connectivity index (χ1) is 13.7. The Morgan fingerprint density at radius 3 is 2.66 bits per heavy atom. The van der Waals surface area contributed by atoms with E-state index in [9.17, 15) is 10.0 Å². The van der Waals surface area contributed by atoms with Gasteiger partial charge in [0.2, 0.25) is 0 Å². The molecule has 3 unspecified atom stereocenters. The normalized spacial score (nSPS) is 22.4. The highest BCUT2D eigenvalue weighted by molar-refractivity contribution is 5.56. The van der Waals surface area contributed by atoms with E-state index < -0.39 is 5.23 Å². The van der Waals surface area contributed by atoms with Gasteiger partial charge >= 0.3 is 0 Å². The molecule has 0 bridgehead atoms. The molecule has 0 aliphatic carbocycles. The molecule has 0 spiro atoms. The molecule has 0 amide bonds.